The van der Waals surface area contributed by atoms with Crippen molar-refractivity contribution >= 4 is 28.2 Å². The first kappa shape index (κ1) is 13.1. The van der Waals surface area contributed by atoms with Crippen molar-refractivity contribution in [3.05, 3.63) is 66.4 Å². The number of anilines is 2. The Bertz CT molecular complexity index is 782. The summed E-state index contributed by atoms with van der Waals surface area (Å²) in [5.74, 6) is -0.822. The summed E-state index contributed by atoms with van der Waals surface area (Å²) in [6.07, 6.45) is 1.82. The first-order valence-corrected chi connectivity index (χ1v) is 6.63. The fraction of sp³-hybridized carbons (Fsp3) is 0.0588. The Labute approximate surface area is 122 Å². The van der Waals surface area contributed by atoms with Gasteiger partial charge in [0.05, 0.1) is 11.9 Å². The lowest BCUT2D eigenvalue weighted by molar-refractivity contribution is -0.136. The fourth-order valence-corrected chi connectivity index (χ4v) is 2.20. The molecule has 0 unspecified atom stereocenters. The molecule has 2 aromatic carbocycles. The zero-order valence-corrected chi connectivity index (χ0v) is 11.3. The average molecular weight is 278 g/mol. The summed E-state index contributed by atoms with van der Waals surface area (Å²) in [7, 11) is 0. The van der Waals surface area contributed by atoms with Gasteiger partial charge in [-0.3, -0.25) is 9.78 Å². The van der Waals surface area contributed by atoms with E-state index in [9.17, 15) is 4.79 Å². The molecule has 3 rings (SSSR count). The second-order valence-corrected chi connectivity index (χ2v) is 4.80. The van der Waals surface area contributed by atoms with Gasteiger partial charge in [-0.2, -0.15) is 0 Å². The zero-order chi connectivity index (χ0) is 14.7. The Balaban J connectivity index is 1.79. The minimum absolute atomic E-state index is 0.0436. The van der Waals surface area contributed by atoms with Crippen LogP contribution in [0, 0.1) is 0 Å². The van der Waals surface area contributed by atoms with Crippen LogP contribution in [0.5, 0.6) is 0 Å². The number of fused-ring (bicyclic) bond motifs is 1. The second kappa shape index (κ2) is 5.63. The number of pyridine rings is 1. The smallest absolute Gasteiger partial charge is 0.307 e. The highest BCUT2D eigenvalue weighted by molar-refractivity contribution is 5.83. The molecule has 0 aliphatic heterocycles. The highest BCUT2D eigenvalue weighted by Gasteiger charge is 2.01. The molecule has 0 atom stereocenters. The monoisotopic (exact) mass is 278 g/mol. The fourth-order valence-electron chi connectivity index (χ4n) is 2.20. The lowest BCUT2D eigenvalue weighted by Crippen LogP contribution is -1.99. The maximum Gasteiger partial charge on any atom is 0.307 e. The van der Waals surface area contributed by atoms with E-state index in [1.54, 1.807) is 6.20 Å². The molecule has 21 heavy (non-hydrogen) atoms. The molecule has 4 heteroatoms. The molecule has 1 aromatic heterocycles. The maximum absolute atomic E-state index is 10.6. The number of benzene rings is 2. The van der Waals surface area contributed by atoms with Gasteiger partial charge < -0.3 is 10.4 Å². The number of hydrogen-bond donors (Lipinski definition) is 2. The number of hydrogen-bond acceptors (Lipinski definition) is 3. The van der Waals surface area contributed by atoms with E-state index in [0.717, 1.165) is 27.8 Å². The minimum Gasteiger partial charge on any atom is -0.481 e. The topological polar surface area (TPSA) is 62.2 Å². The van der Waals surface area contributed by atoms with Crippen LogP contribution < -0.4 is 5.32 Å². The normalized spacial score (nSPS) is 10.5. The van der Waals surface area contributed by atoms with Gasteiger partial charge in [0, 0.05) is 23.0 Å². The van der Waals surface area contributed by atoms with Crippen molar-refractivity contribution in [1.82, 2.24) is 4.98 Å². The molecule has 0 aliphatic carbocycles. The summed E-state index contributed by atoms with van der Waals surface area (Å²) in [4.78, 5) is 14.9. The molecule has 2 N–H and O–H groups in total. The molecule has 0 aliphatic rings. The van der Waals surface area contributed by atoms with Crippen LogP contribution in [0.2, 0.25) is 0 Å². The molecule has 1 heterocycles. The number of carboxylic acid groups (broad SMARTS) is 1. The Kier molecular flexibility index (Phi) is 3.51. The SMILES string of the molecule is O=C(O)Cc1ccc(Nc2ccc3ncccc3c2)cc1. The van der Waals surface area contributed by atoms with E-state index in [1.807, 2.05) is 54.6 Å². The van der Waals surface area contributed by atoms with Crippen LogP contribution in [0.15, 0.2) is 60.8 Å². The number of nitrogens with zero attached hydrogens (tertiary/aromatic N) is 1. The molecule has 3 aromatic rings. The van der Waals surface area contributed by atoms with E-state index in [1.165, 1.54) is 0 Å². The quantitative estimate of drug-likeness (QED) is 0.765. The predicted molar refractivity (Wildman–Crippen MR) is 82.8 cm³/mol. The lowest BCUT2D eigenvalue weighted by Gasteiger charge is -2.08. The molecule has 0 saturated carbocycles. The Morgan fingerprint density at radius 1 is 1.05 bits per heavy atom. The number of aliphatic carboxylic acids is 1. The molecule has 0 amide bonds. The molecule has 0 spiro atoms. The van der Waals surface area contributed by atoms with Gasteiger partial charge in [0.1, 0.15) is 0 Å². The second-order valence-electron chi connectivity index (χ2n) is 4.80. The van der Waals surface area contributed by atoms with E-state index in [4.69, 9.17) is 5.11 Å². The van der Waals surface area contributed by atoms with E-state index >= 15 is 0 Å². The Morgan fingerprint density at radius 2 is 1.81 bits per heavy atom. The maximum atomic E-state index is 10.6. The third-order valence-electron chi connectivity index (χ3n) is 3.20. The predicted octanol–water partition coefficient (Wildman–Crippen LogP) is 3.61. The third-order valence-corrected chi connectivity index (χ3v) is 3.20. The van der Waals surface area contributed by atoms with E-state index in [0.29, 0.717) is 0 Å². The summed E-state index contributed by atoms with van der Waals surface area (Å²) in [6, 6.07) is 17.3. The van der Waals surface area contributed by atoms with Crippen LogP contribution in [0.25, 0.3) is 10.9 Å². The van der Waals surface area contributed by atoms with Crippen LogP contribution in [-0.4, -0.2) is 16.1 Å². The highest BCUT2D eigenvalue weighted by Crippen LogP contribution is 2.21. The zero-order valence-electron chi connectivity index (χ0n) is 11.3. The van der Waals surface area contributed by atoms with Crippen molar-refractivity contribution in [3.8, 4) is 0 Å². The number of aromatic nitrogens is 1. The molecular weight excluding hydrogens is 264 g/mol. The minimum atomic E-state index is -0.822. The summed E-state index contributed by atoms with van der Waals surface area (Å²) < 4.78 is 0. The van der Waals surface area contributed by atoms with Gasteiger partial charge in [-0.05, 0) is 42.0 Å². The molecule has 0 saturated heterocycles. The Hall–Kier alpha value is -2.88. The van der Waals surface area contributed by atoms with Crippen LogP contribution in [0.4, 0.5) is 11.4 Å². The number of rotatable bonds is 4. The van der Waals surface area contributed by atoms with Crippen molar-refractivity contribution < 1.29 is 9.90 Å². The molecule has 0 bridgehead atoms. The van der Waals surface area contributed by atoms with Crippen molar-refractivity contribution in [3.63, 3.8) is 0 Å². The molecule has 104 valence electrons. The van der Waals surface area contributed by atoms with Crippen molar-refractivity contribution in [2.24, 2.45) is 0 Å². The third kappa shape index (κ3) is 3.17. The lowest BCUT2D eigenvalue weighted by atomic mass is 10.1. The van der Waals surface area contributed by atoms with Gasteiger partial charge in [-0.1, -0.05) is 18.2 Å². The van der Waals surface area contributed by atoms with Crippen LogP contribution in [0.1, 0.15) is 5.56 Å². The van der Waals surface area contributed by atoms with Crippen LogP contribution in [-0.2, 0) is 11.2 Å². The standard InChI is InChI=1S/C17H14N2O2/c20-17(21)10-12-3-5-14(6-4-12)19-15-7-8-16-13(11-15)2-1-9-18-16/h1-9,11,19H,10H2,(H,20,21). The van der Waals surface area contributed by atoms with Crippen molar-refractivity contribution in [2.45, 2.75) is 6.42 Å². The van der Waals surface area contributed by atoms with Gasteiger partial charge in [0.25, 0.3) is 0 Å². The van der Waals surface area contributed by atoms with Gasteiger partial charge in [0.15, 0.2) is 0 Å². The van der Waals surface area contributed by atoms with E-state index in [-0.39, 0.29) is 6.42 Å². The first-order chi connectivity index (χ1) is 10.2. The summed E-state index contributed by atoms with van der Waals surface area (Å²) in [6.45, 7) is 0. The number of carbonyl (C=O) groups is 1. The molecular formula is C17H14N2O2. The van der Waals surface area contributed by atoms with Crippen LogP contribution >= 0.6 is 0 Å². The van der Waals surface area contributed by atoms with Crippen LogP contribution in [0.3, 0.4) is 0 Å². The summed E-state index contributed by atoms with van der Waals surface area (Å²) >= 11 is 0. The van der Waals surface area contributed by atoms with Gasteiger partial charge in [-0.25, -0.2) is 0 Å². The summed E-state index contributed by atoms with van der Waals surface area (Å²) in [5.41, 5.74) is 3.64. The van der Waals surface area contributed by atoms with E-state index in [2.05, 4.69) is 10.3 Å². The van der Waals surface area contributed by atoms with Crippen molar-refractivity contribution in [2.75, 3.05) is 5.32 Å². The van der Waals surface area contributed by atoms with E-state index < -0.39 is 5.97 Å². The molecule has 0 fully saturated rings. The summed E-state index contributed by atoms with van der Waals surface area (Å²) in [5, 5.41) is 13.1. The number of carboxylic acids is 1. The number of nitrogens with one attached hydrogen (secondary N) is 1. The largest absolute Gasteiger partial charge is 0.481 e. The van der Waals surface area contributed by atoms with Gasteiger partial charge in [0.2, 0.25) is 0 Å². The molecule has 4 nitrogen and oxygen atoms in total. The van der Waals surface area contributed by atoms with Gasteiger partial charge in [-0.15, -0.1) is 0 Å². The van der Waals surface area contributed by atoms with Crippen molar-refractivity contribution in [1.29, 1.82) is 0 Å². The highest BCUT2D eigenvalue weighted by atomic mass is 16.4. The molecule has 0 radical (unpaired) electrons. The van der Waals surface area contributed by atoms with Gasteiger partial charge >= 0.3 is 5.97 Å². The Morgan fingerprint density at radius 3 is 2.57 bits per heavy atom. The average Bonchev–Trinajstić information content (AvgIpc) is 2.49. The first-order valence-electron chi connectivity index (χ1n) is 6.63.